The molecule has 0 saturated carbocycles. The van der Waals surface area contributed by atoms with E-state index in [0.717, 1.165) is 22.2 Å². The van der Waals surface area contributed by atoms with Crippen LogP contribution in [0, 0.1) is 0 Å². The van der Waals surface area contributed by atoms with Crippen LogP contribution in [-0.2, 0) is 0 Å². The van der Waals surface area contributed by atoms with Gasteiger partial charge in [0, 0.05) is 28.6 Å². The maximum atomic E-state index is 12.6. The van der Waals surface area contributed by atoms with Crippen LogP contribution in [0.4, 0.5) is 15.8 Å². The molecule has 0 radical (unpaired) electrons. The molecule has 0 aliphatic rings. The van der Waals surface area contributed by atoms with Crippen LogP contribution in [0.15, 0.2) is 53.6 Å². The van der Waals surface area contributed by atoms with Gasteiger partial charge in [-0.3, -0.25) is 0 Å². The molecule has 0 amide bonds. The Bertz CT molecular complexity index is 1050. The van der Waals surface area contributed by atoms with E-state index in [1.54, 1.807) is 30.1 Å². The Hall–Kier alpha value is -3.55. The number of nitrogens with two attached hydrogens (primary N) is 1. The summed E-state index contributed by atoms with van der Waals surface area (Å²) in [4.78, 5) is 9.11. The number of anilines is 2. The largest absolute Gasteiger partial charge is 0.489 e. The molecule has 3 aromatic rings. The Kier molecular flexibility index (Phi) is 6.33. The lowest BCUT2D eigenvalue weighted by Gasteiger charge is -2.22. The number of halogens is 1. The van der Waals surface area contributed by atoms with Crippen molar-refractivity contribution in [2.75, 3.05) is 37.6 Å². The number of benzene rings is 2. The summed E-state index contributed by atoms with van der Waals surface area (Å²) in [6, 6.07) is 14.7. The molecule has 0 spiro atoms. The van der Waals surface area contributed by atoms with Crippen LogP contribution < -0.4 is 15.4 Å². The summed E-state index contributed by atoms with van der Waals surface area (Å²) in [5.74, 6) is 0.421. The van der Waals surface area contributed by atoms with E-state index in [-0.39, 0.29) is 13.3 Å². The van der Waals surface area contributed by atoms with Gasteiger partial charge < -0.3 is 20.5 Å². The number of aliphatic hydroxyl groups is 1. The average molecular weight is 396 g/mol. The predicted octanol–water partition coefficient (Wildman–Crippen LogP) is 3.90. The zero-order valence-electron chi connectivity index (χ0n) is 15.9. The zero-order valence-corrected chi connectivity index (χ0v) is 15.9. The van der Waals surface area contributed by atoms with Gasteiger partial charge in [-0.05, 0) is 41.9 Å². The van der Waals surface area contributed by atoms with Gasteiger partial charge in [0.25, 0.3) is 0 Å². The van der Waals surface area contributed by atoms with Gasteiger partial charge in [-0.15, -0.1) is 0 Å². The minimum absolute atomic E-state index is 0.0908. The zero-order chi connectivity index (χ0) is 20.8. The second-order valence-electron chi connectivity index (χ2n) is 6.52. The molecular formula is C20H21FN6O2. The number of hydrogen-bond acceptors (Lipinski definition) is 6. The molecule has 8 nitrogen and oxygen atoms in total. The molecule has 1 heterocycles. The number of nitrogen functional groups attached to an aromatic ring is 1. The molecule has 29 heavy (non-hydrogen) atoms. The summed E-state index contributed by atoms with van der Waals surface area (Å²) in [7, 11) is 1.74. The summed E-state index contributed by atoms with van der Waals surface area (Å²) in [6.45, 7) is -1.01. The Balaban J connectivity index is 1.98. The highest BCUT2D eigenvalue weighted by molar-refractivity contribution is 5.84. The molecule has 1 atom stereocenters. The molecule has 0 saturated heterocycles. The van der Waals surface area contributed by atoms with Gasteiger partial charge in [0.2, 0.25) is 0 Å². The molecule has 3 rings (SSSR count). The van der Waals surface area contributed by atoms with E-state index < -0.39 is 12.8 Å². The molecular weight excluding hydrogens is 375 g/mol. The number of ether oxygens (including phenoxy) is 1. The SMILES string of the molecule is CN(CN=[N+]=[N-])c1ccc(-c2ccc3cc(N)ccc3n2)cc1OCC(O)CF. The normalized spacial score (nSPS) is 11.7. The summed E-state index contributed by atoms with van der Waals surface area (Å²) in [5, 5.41) is 14.0. The highest BCUT2D eigenvalue weighted by Gasteiger charge is 2.13. The molecule has 9 heteroatoms. The number of nitrogens with zero attached hydrogens (tertiary/aromatic N) is 5. The number of hydrogen-bond donors (Lipinski definition) is 2. The van der Waals surface area contributed by atoms with Gasteiger partial charge in [-0.1, -0.05) is 17.2 Å². The fourth-order valence-corrected chi connectivity index (χ4v) is 2.84. The third-order valence-corrected chi connectivity index (χ3v) is 4.33. The van der Waals surface area contributed by atoms with E-state index in [0.29, 0.717) is 17.1 Å². The van der Waals surface area contributed by atoms with Crippen LogP contribution in [0.3, 0.4) is 0 Å². The van der Waals surface area contributed by atoms with Crippen molar-refractivity contribution < 1.29 is 14.2 Å². The molecule has 150 valence electrons. The van der Waals surface area contributed by atoms with Crippen LogP contribution in [0.5, 0.6) is 5.75 Å². The Morgan fingerprint density at radius 2 is 2.10 bits per heavy atom. The average Bonchev–Trinajstić information content (AvgIpc) is 2.75. The standard InChI is InChI=1S/C20H21FN6O2/c1-27(12-24-26-23)19-7-3-14(9-20(19)29-11-16(28)10-21)17-5-2-13-8-15(22)4-6-18(13)25-17/h2-9,16,28H,10-12,22H2,1H3. The molecule has 0 fully saturated rings. The maximum Gasteiger partial charge on any atom is 0.143 e. The number of fused-ring (bicyclic) bond motifs is 1. The maximum absolute atomic E-state index is 12.6. The topological polar surface area (TPSA) is 120 Å². The number of aromatic nitrogens is 1. The van der Waals surface area contributed by atoms with Crippen LogP contribution in [0.1, 0.15) is 0 Å². The van der Waals surface area contributed by atoms with Crippen molar-refractivity contribution in [3.63, 3.8) is 0 Å². The van der Waals surface area contributed by atoms with E-state index in [2.05, 4.69) is 15.0 Å². The van der Waals surface area contributed by atoms with E-state index in [9.17, 15) is 9.50 Å². The van der Waals surface area contributed by atoms with E-state index in [4.69, 9.17) is 16.0 Å². The number of alkyl halides is 1. The quantitative estimate of drug-likeness (QED) is 0.259. The van der Waals surface area contributed by atoms with Crippen LogP contribution in [0.25, 0.3) is 32.6 Å². The monoisotopic (exact) mass is 396 g/mol. The second-order valence-corrected chi connectivity index (χ2v) is 6.52. The molecule has 0 aliphatic heterocycles. The molecule has 1 unspecified atom stereocenters. The second kappa shape index (κ2) is 9.09. The molecule has 0 aliphatic carbocycles. The summed E-state index contributed by atoms with van der Waals surface area (Å²) < 4.78 is 18.3. The lowest BCUT2D eigenvalue weighted by molar-refractivity contribution is 0.0844. The lowest BCUT2D eigenvalue weighted by atomic mass is 10.1. The van der Waals surface area contributed by atoms with E-state index in [1.165, 1.54) is 0 Å². The smallest absolute Gasteiger partial charge is 0.143 e. The third kappa shape index (κ3) is 4.84. The first-order chi connectivity index (χ1) is 14.0. The summed E-state index contributed by atoms with van der Waals surface area (Å²) in [6.07, 6.45) is -1.22. The van der Waals surface area contributed by atoms with Gasteiger partial charge in [0.15, 0.2) is 0 Å². The molecule has 2 aromatic carbocycles. The van der Waals surface area contributed by atoms with Gasteiger partial charge in [-0.2, -0.15) is 0 Å². The highest BCUT2D eigenvalue weighted by Crippen LogP contribution is 2.33. The van der Waals surface area contributed by atoms with Gasteiger partial charge in [0.05, 0.1) is 23.6 Å². The fraction of sp³-hybridized carbons (Fsp3) is 0.250. The van der Waals surface area contributed by atoms with Crippen molar-refractivity contribution in [1.82, 2.24) is 4.98 Å². The number of aliphatic hydroxyl groups excluding tert-OH is 1. The summed E-state index contributed by atoms with van der Waals surface area (Å²) >= 11 is 0. The first kappa shape index (κ1) is 20.2. The fourth-order valence-electron chi connectivity index (χ4n) is 2.84. The van der Waals surface area contributed by atoms with Crippen LogP contribution in [-0.4, -0.2) is 43.2 Å². The van der Waals surface area contributed by atoms with Gasteiger partial charge in [-0.25, -0.2) is 9.37 Å². The molecule has 0 bridgehead atoms. The highest BCUT2D eigenvalue weighted by atomic mass is 19.1. The van der Waals surface area contributed by atoms with Crippen molar-refractivity contribution in [3.8, 4) is 17.0 Å². The van der Waals surface area contributed by atoms with E-state index in [1.807, 2.05) is 30.3 Å². The van der Waals surface area contributed by atoms with Crippen molar-refractivity contribution in [2.24, 2.45) is 5.11 Å². The van der Waals surface area contributed by atoms with Crippen molar-refractivity contribution in [1.29, 1.82) is 0 Å². The Morgan fingerprint density at radius 3 is 2.86 bits per heavy atom. The van der Waals surface area contributed by atoms with Gasteiger partial charge >= 0.3 is 0 Å². The number of azide groups is 1. The van der Waals surface area contributed by atoms with Crippen molar-refractivity contribution in [2.45, 2.75) is 6.10 Å². The van der Waals surface area contributed by atoms with Crippen molar-refractivity contribution in [3.05, 3.63) is 59.0 Å². The number of rotatable bonds is 8. The number of pyridine rings is 1. The van der Waals surface area contributed by atoms with Crippen molar-refractivity contribution >= 4 is 22.3 Å². The first-order valence-electron chi connectivity index (χ1n) is 8.91. The predicted molar refractivity (Wildman–Crippen MR) is 111 cm³/mol. The van der Waals surface area contributed by atoms with Crippen LogP contribution >= 0.6 is 0 Å². The summed E-state index contributed by atoms with van der Waals surface area (Å²) in [5.41, 5.74) is 18.0. The van der Waals surface area contributed by atoms with Gasteiger partial charge in [0.1, 0.15) is 25.1 Å². The van der Waals surface area contributed by atoms with E-state index >= 15 is 0 Å². The van der Waals surface area contributed by atoms with Crippen LogP contribution in [0.2, 0.25) is 0 Å². The third-order valence-electron chi connectivity index (χ3n) is 4.33. The first-order valence-corrected chi connectivity index (χ1v) is 8.91. The Labute approximate surface area is 167 Å². The lowest BCUT2D eigenvalue weighted by Crippen LogP contribution is -2.22. The minimum Gasteiger partial charge on any atom is -0.489 e. The molecule has 1 aromatic heterocycles. The minimum atomic E-state index is -1.22. The Morgan fingerprint density at radius 1 is 1.28 bits per heavy atom. The molecule has 3 N–H and O–H groups in total.